The molecule has 0 spiro atoms. The summed E-state index contributed by atoms with van der Waals surface area (Å²) in [6.45, 7) is 6.00. The van der Waals surface area contributed by atoms with Crippen LogP contribution < -0.4 is 0 Å². The number of hydrogen-bond donors (Lipinski definition) is 0. The second-order valence-electron chi connectivity index (χ2n) is 4.87. The Labute approximate surface area is 101 Å². The lowest BCUT2D eigenvalue weighted by Gasteiger charge is -2.14. The summed E-state index contributed by atoms with van der Waals surface area (Å²) in [7, 11) is 0. The van der Waals surface area contributed by atoms with Gasteiger partial charge in [-0.15, -0.1) is 0 Å². The van der Waals surface area contributed by atoms with E-state index in [0.29, 0.717) is 16.6 Å². The van der Waals surface area contributed by atoms with E-state index in [-0.39, 0.29) is 17.7 Å². The molecule has 4 heteroatoms. The molecule has 0 aliphatic heterocycles. The number of Topliss-reactive ketones (excluding diaryl/α,β-unsaturated/α-hetero) is 1. The molecule has 3 nitrogen and oxygen atoms in total. The molecular formula is C12H17ClN2O. The molecule has 1 fully saturated rings. The van der Waals surface area contributed by atoms with Gasteiger partial charge in [0.15, 0.2) is 5.78 Å². The van der Waals surface area contributed by atoms with Crippen LogP contribution in [0.3, 0.4) is 0 Å². The lowest BCUT2D eigenvalue weighted by Crippen LogP contribution is -2.19. The first-order valence-corrected chi connectivity index (χ1v) is 6.17. The maximum Gasteiger partial charge on any atom is 0.185 e. The van der Waals surface area contributed by atoms with Crippen LogP contribution in [-0.2, 0) is 0 Å². The minimum Gasteiger partial charge on any atom is -0.292 e. The van der Waals surface area contributed by atoms with Gasteiger partial charge in [0.1, 0.15) is 5.69 Å². The van der Waals surface area contributed by atoms with Gasteiger partial charge in [0, 0.05) is 12.0 Å². The number of carbonyl (C=O) groups excluding carboxylic acids is 1. The molecule has 16 heavy (non-hydrogen) atoms. The van der Waals surface area contributed by atoms with Gasteiger partial charge in [0.2, 0.25) is 0 Å². The third-order valence-electron chi connectivity index (χ3n) is 3.22. The Bertz CT molecular complexity index is 407. The van der Waals surface area contributed by atoms with E-state index in [9.17, 15) is 4.79 Å². The molecule has 1 aliphatic carbocycles. The van der Waals surface area contributed by atoms with Crippen LogP contribution in [0.4, 0.5) is 0 Å². The van der Waals surface area contributed by atoms with Crippen LogP contribution in [0.2, 0.25) is 5.02 Å². The first-order valence-electron chi connectivity index (χ1n) is 5.79. The minimum atomic E-state index is 0.0756. The number of aromatic nitrogens is 2. The first-order chi connectivity index (χ1) is 7.52. The van der Waals surface area contributed by atoms with E-state index in [1.807, 2.05) is 20.8 Å². The van der Waals surface area contributed by atoms with E-state index in [1.165, 1.54) is 12.8 Å². The third-order valence-corrected chi connectivity index (χ3v) is 3.49. The molecule has 1 aromatic rings. The quantitative estimate of drug-likeness (QED) is 0.757. The van der Waals surface area contributed by atoms with Gasteiger partial charge in [0.25, 0.3) is 0 Å². The maximum atomic E-state index is 12.3. The van der Waals surface area contributed by atoms with Crippen LogP contribution in [0.15, 0.2) is 6.20 Å². The zero-order valence-electron chi connectivity index (χ0n) is 9.90. The molecule has 0 aromatic carbocycles. The molecule has 2 rings (SSSR count). The van der Waals surface area contributed by atoms with Gasteiger partial charge in [-0.3, -0.25) is 9.48 Å². The summed E-state index contributed by atoms with van der Waals surface area (Å²) in [5.41, 5.74) is 0.580. The average Bonchev–Trinajstić information content (AvgIpc) is 2.99. The minimum absolute atomic E-state index is 0.0756. The fourth-order valence-electron chi connectivity index (χ4n) is 1.99. The summed E-state index contributed by atoms with van der Waals surface area (Å²) in [6, 6.07) is 0.165. The van der Waals surface area contributed by atoms with Crippen molar-refractivity contribution >= 4 is 17.4 Å². The Kier molecular flexibility index (Phi) is 3.06. The van der Waals surface area contributed by atoms with E-state index >= 15 is 0 Å². The van der Waals surface area contributed by atoms with Gasteiger partial charge in [0.05, 0.1) is 11.2 Å². The Hall–Kier alpha value is -0.830. The Morgan fingerprint density at radius 3 is 2.62 bits per heavy atom. The number of halogens is 1. The molecule has 1 unspecified atom stereocenters. The second kappa shape index (κ2) is 4.21. The molecule has 0 saturated heterocycles. The summed E-state index contributed by atoms with van der Waals surface area (Å²) in [5, 5.41) is 4.64. The van der Waals surface area contributed by atoms with Crippen LogP contribution in [0, 0.1) is 11.8 Å². The average molecular weight is 241 g/mol. The smallest absolute Gasteiger partial charge is 0.185 e. The maximum absolute atomic E-state index is 12.3. The standard InChI is InChI=1S/C12H17ClN2O/c1-7(2)15-11(10(13)6-14-15)12(16)8(3)9-4-5-9/h6-9H,4-5H2,1-3H3. The molecule has 0 N–H and O–H groups in total. The molecule has 0 bridgehead atoms. The Morgan fingerprint density at radius 2 is 2.12 bits per heavy atom. The van der Waals surface area contributed by atoms with Crippen molar-refractivity contribution in [2.45, 2.75) is 39.7 Å². The Balaban J connectivity index is 2.30. The van der Waals surface area contributed by atoms with E-state index in [4.69, 9.17) is 11.6 Å². The summed E-state index contributed by atoms with van der Waals surface area (Å²) in [5.74, 6) is 0.768. The highest BCUT2D eigenvalue weighted by Crippen LogP contribution is 2.39. The van der Waals surface area contributed by atoms with E-state index in [2.05, 4.69) is 5.10 Å². The summed E-state index contributed by atoms with van der Waals surface area (Å²) in [6.07, 6.45) is 3.90. The highest BCUT2D eigenvalue weighted by atomic mass is 35.5. The highest BCUT2D eigenvalue weighted by molar-refractivity contribution is 6.33. The van der Waals surface area contributed by atoms with Crippen LogP contribution in [-0.4, -0.2) is 15.6 Å². The number of carbonyl (C=O) groups is 1. The first kappa shape index (κ1) is 11.6. The fourth-order valence-corrected chi connectivity index (χ4v) is 2.21. The molecule has 1 aromatic heterocycles. The fraction of sp³-hybridized carbons (Fsp3) is 0.667. The normalized spacial score (nSPS) is 17.8. The zero-order chi connectivity index (χ0) is 11.9. The van der Waals surface area contributed by atoms with Crippen LogP contribution in [0.25, 0.3) is 0 Å². The van der Waals surface area contributed by atoms with Gasteiger partial charge in [-0.25, -0.2) is 0 Å². The van der Waals surface area contributed by atoms with Crippen molar-refractivity contribution in [3.05, 3.63) is 16.9 Å². The van der Waals surface area contributed by atoms with E-state index < -0.39 is 0 Å². The summed E-state index contributed by atoms with van der Waals surface area (Å²) in [4.78, 5) is 12.3. The van der Waals surface area contributed by atoms with Gasteiger partial charge >= 0.3 is 0 Å². The predicted octanol–water partition coefficient (Wildman–Crippen LogP) is 3.35. The molecule has 88 valence electrons. The molecule has 0 amide bonds. The van der Waals surface area contributed by atoms with Gasteiger partial charge < -0.3 is 0 Å². The van der Waals surface area contributed by atoms with Crippen molar-refractivity contribution in [2.75, 3.05) is 0 Å². The largest absolute Gasteiger partial charge is 0.292 e. The van der Waals surface area contributed by atoms with Crippen LogP contribution >= 0.6 is 11.6 Å². The number of nitrogens with zero attached hydrogens (tertiary/aromatic N) is 2. The van der Waals surface area contributed by atoms with Crippen molar-refractivity contribution in [3.8, 4) is 0 Å². The molecule has 1 aliphatic rings. The van der Waals surface area contributed by atoms with Crippen molar-refractivity contribution in [3.63, 3.8) is 0 Å². The molecule has 1 heterocycles. The monoisotopic (exact) mass is 240 g/mol. The summed E-state index contributed by atoms with van der Waals surface area (Å²) >= 11 is 6.05. The van der Waals surface area contributed by atoms with Crippen molar-refractivity contribution in [2.24, 2.45) is 11.8 Å². The number of ketones is 1. The van der Waals surface area contributed by atoms with E-state index in [1.54, 1.807) is 10.9 Å². The zero-order valence-corrected chi connectivity index (χ0v) is 10.7. The van der Waals surface area contributed by atoms with Crippen LogP contribution in [0.5, 0.6) is 0 Å². The second-order valence-corrected chi connectivity index (χ2v) is 5.28. The summed E-state index contributed by atoms with van der Waals surface area (Å²) < 4.78 is 1.73. The lowest BCUT2D eigenvalue weighted by molar-refractivity contribution is 0.0903. The van der Waals surface area contributed by atoms with Gasteiger partial charge in [-0.05, 0) is 32.6 Å². The molecular weight excluding hydrogens is 224 g/mol. The van der Waals surface area contributed by atoms with Crippen molar-refractivity contribution in [1.29, 1.82) is 0 Å². The highest BCUT2D eigenvalue weighted by Gasteiger charge is 2.35. The topological polar surface area (TPSA) is 34.9 Å². The third kappa shape index (κ3) is 2.01. The SMILES string of the molecule is CC(C(=O)c1c(Cl)cnn1C(C)C)C1CC1. The van der Waals surface area contributed by atoms with Gasteiger partial charge in [-0.1, -0.05) is 18.5 Å². The number of hydrogen-bond acceptors (Lipinski definition) is 2. The van der Waals surface area contributed by atoms with Crippen molar-refractivity contribution in [1.82, 2.24) is 9.78 Å². The van der Waals surface area contributed by atoms with Gasteiger partial charge in [-0.2, -0.15) is 5.10 Å². The number of rotatable bonds is 4. The lowest BCUT2D eigenvalue weighted by atomic mass is 9.98. The molecule has 1 atom stereocenters. The van der Waals surface area contributed by atoms with Crippen LogP contribution in [0.1, 0.15) is 50.1 Å². The predicted molar refractivity (Wildman–Crippen MR) is 63.8 cm³/mol. The van der Waals surface area contributed by atoms with Crippen molar-refractivity contribution < 1.29 is 4.79 Å². The molecule has 0 radical (unpaired) electrons. The van der Waals surface area contributed by atoms with E-state index in [0.717, 1.165) is 0 Å². The molecule has 1 saturated carbocycles. The Morgan fingerprint density at radius 1 is 1.50 bits per heavy atom.